The van der Waals surface area contributed by atoms with Crippen molar-refractivity contribution in [1.82, 2.24) is 10.2 Å². The molecular weight excluding hydrogens is 272 g/mol. The lowest BCUT2D eigenvalue weighted by atomic mass is 10.1. The fourth-order valence-corrected chi connectivity index (χ4v) is 2.90. The quantitative estimate of drug-likeness (QED) is 0.817. The van der Waals surface area contributed by atoms with Gasteiger partial charge in [-0.2, -0.15) is 11.8 Å². The third-order valence-electron chi connectivity index (χ3n) is 3.53. The molecule has 0 bridgehead atoms. The Morgan fingerprint density at radius 3 is 2.95 bits per heavy atom. The molecule has 1 aliphatic heterocycles. The summed E-state index contributed by atoms with van der Waals surface area (Å²) in [7, 11) is 1.66. The lowest BCUT2D eigenvalue weighted by Crippen LogP contribution is -2.31. The largest absolute Gasteiger partial charge is 0.497 e. The Kier molecular flexibility index (Phi) is 5.31. The van der Waals surface area contributed by atoms with Crippen molar-refractivity contribution in [1.29, 1.82) is 0 Å². The van der Waals surface area contributed by atoms with Crippen LogP contribution in [0.5, 0.6) is 5.75 Å². The average Bonchev–Trinajstić information content (AvgIpc) is 2.76. The molecule has 0 spiro atoms. The van der Waals surface area contributed by atoms with E-state index in [2.05, 4.69) is 11.6 Å². The SMILES string of the molecule is COc1cccc(C2NC(C)C(=O)N2CCCSC)c1. The Morgan fingerprint density at radius 2 is 2.25 bits per heavy atom. The number of rotatable bonds is 6. The lowest BCUT2D eigenvalue weighted by Gasteiger charge is -2.24. The molecule has 5 heteroatoms. The maximum Gasteiger partial charge on any atom is 0.241 e. The van der Waals surface area contributed by atoms with Gasteiger partial charge < -0.3 is 9.64 Å². The normalized spacial score (nSPS) is 22.4. The number of hydrogen-bond donors (Lipinski definition) is 1. The van der Waals surface area contributed by atoms with Crippen LogP contribution >= 0.6 is 11.8 Å². The molecule has 4 nitrogen and oxygen atoms in total. The summed E-state index contributed by atoms with van der Waals surface area (Å²) < 4.78 is 5.27. The van der Waals surface area contributed by atoms with Crippen molar-refractivity contribution in [3.8, 4) is 5.75 Å². The minimum absolute atomic E-state index is 0.0468. The zero-order valence-electron chi connectivity index (χ0n) is 12.3. The molecule has 110 valence electrons. The maximum absolute atomic E-state index is 12.3. The standard InChI is InChI=1S/C15H22N2O2S/c1-11-15(18)17(8-5-9-20-3)14(16-11)12-6-4-7-13(10-12)19-2/h4,6-7,10-11,14,16H,5,8-9H2,1-3H3. The average molecular weight is 294 g/mol. The number of nitrogens with one attached hydrogen (secondary N) is 1. The van der Waals surface area contributed by atoms with Crippen LogP contribution in [-0.2, 0) is 4.79 Å². The summed E-state index contributed by atoms with van der Waals surface area (Å²) in [6, 6.07) is 7.78. The number of methoxy groups -OCH3 is 1. The van der Waals surface area contributed by atoms with Crippen LogP contribution in [0.25, 0.3) is 0 Å². The number of carbonyl (C=O) groups excluding carboxylic acids is 1. The predicted octanol–water partition coefficient (Wildman–Crippen LogP) is 2.27. The molecule has 0 radical (unpaired) electrons. The van der Waals surface area contributed by atoms with E-state index in [1.165, 1.54) is 0 Å². The molecule has 2 atom stereocenters. The van der Waals surface area contributed by atoms with Crippen molar-refractivity contribution >= 4 is 17.7 Å². The number of nitrogens with zero attached hydrogens (tertiary/aromatic N) is 1. The molecule has 1 aromatic carbocycles. The first-order valence-corrected chi connectivity index (χ1v) is 8.26. The topological polar surface area (TPSA) is 41.6 Å². The molecule has 1 saturated heterocycles. The summed E-state index contributed by atoms with van der Waals surface area (Å²) in [5, 5.41) is 3.36. The summed E-state index contributed by atoms with van der Waals surface area (Å²) in [6.07, 6.45) is 3.06. The van der Waals surface area contributed by atoms with Gasteiger partial charge in [-0.25, -0.2) is 0 Å². The molecule has 1 amide bonds. The van der Waals surface area contributed by atoms with Crippen LogP contribution in [0.3, 0.4) is 0 Å². The first-order chi connectivity index (χ1) is 9.67. The monoisotopic (exact) mass is 294 g/mol. The van der Waals surface area contributed by atoms with E-state index in [9.17, 15) is 4.79 Å². The number of ether oxygens (including phenoxy) is 1. The highest BCUT2D eigenvalue weighted by Crippen LogP contribution is 2.27. The minimum atomic E-state index is -0.125. The number of benzene rings is 1. The van der Waals surface area contributed by atoms with Crippen molar-refractivity contribution < 1.29 is 9.53 Å². The first kappa shape index (κ1) is 15.2. The fourth-order valence-electron chi connectivity index (χ4n) is 2.48. The number of carbonyl (C=O) groups is 1. The molecule has 0 aromatic heterocycles. The summed E-state index contributed by atoms with van der Waals surface area (Å²) in [4.78, 5) is 14.2. The summed E-state index contributed by atoms with van der Waals surface area (Å²) in [5.41, 5.74) is 1.08. The molecule has 20 heavy (non-hydrogen) atoms. The van der Waals surface area contributed by atoms with Gasteiger partial charge in [0.2, 0.25) is 5.91 Å². The third-order valence-corrected chi connectivity index (χ3v) is 4.23. The van der Waals surface area contributed by atoms with Crippen LogP contribution in [0.1, 0.15) is 25.1 Å². The molecule has 0 saturated carbocycles. The van der Waals surface area contributed by atoms with Crippen molar-refractivity contribution in [2.24, 2.45) is 0 Å². The van der Waals surface area contributed by atoms with E-state index in [0.29, 0.717) is 0 Å². The highest BCUT2D eigenvalue weighted by molar-refractivity contribution is 7.98. The van der Waals surface area contributed by atoms with Gasteiger partial charge in [0.05, 0.1) is 13.2 Å². The third kappa shape index (κ3) is 3.27. The van der Waals surface area contributed by atoms with Gasteiger partial charge in [0.1, 0.15) is 11.9 Å². The lowest BCUT2D eigenvalue weighted by molar-refractivity contribution is -0.129. The van der Waals surface area contributed by atoms with E-state index < -0.39 is 0 Å². The van der Waals surface area contributed by atoms with Gasteiger partial charge >= 0.3 is 0 Å². The second kappa shape index (κ2) is 6.99. The zero-order chi connectivity index (χ0) is 14.5. The van der Waals surface area contributed by atoms with Crippen molar-refractivity contribution in [3.05, 3.63) is 29.8 Å². The molecule has 1 N–H and O–H groups in total. The van der Waals surface area contributed by atoms with E-state index in [1.54, 1.807) is 7.11 Å². The highest BCUT2D eigenvalue weighted by atomic mass is 32.2. The Balaban J connectivity index is 2.16. The van der Waals surface area contributed by atoms with Crippen LogP contribution in [0.15, 0.2) is 24.3 Å². The highest BCUT2D eigenvalue weighted by Gasteiger charge is 2.36. The van der Waals surface area contributed by atoms with Crippen molar-refractivity contribution in [2.45, 2.75) is 25.6 Å². The molecule has 0 aliphatic carbocycles. The zero-order valence-corrected chi connectivity index (χ0v) is 13.1. The molecule has 1 aliphatic rings. The van der Waals surface area contributed by atoms with Gasteiger partial charge in [-0.3, -0.25) is 10.1 Å². The molecule has 1 fully saturated rings. The van der Waals surface area contributed by atoms with Gasteiger partial charge in [-0.1, -0.05) is 12.1 Å². The summed E-state index contributed by atoms with van der Waals surface area (Å²) in [6.45, 7) is 2.71. The van der Waals surface area contributed by atoms with Gasteiger partial charge in [-0.15, -0.1) is 0 Å². The summed E-state index contributed by atoms with van der Waals surface area (Å²) >= 11 is 1.81. The first-order valence-electron chi connectivity index (χ1n) is 6.86. The van der Waals surface area contributed by atoms with Gasteiger partial charge in [0.15, 0.2) is 0 Å². The van der Waals surface area contributed by atoms with Gasteiger partial charge in [0.25, 0.3) is 0 Å². The molecule has 2 rings (SSSR count). The van der Waals surface area contributed by atoms with Crippen LogP contribution in [0.4, 0.5) is 0 Å². The predicted molar refractivity (Wildman–Crippen MR) is 83.0 cm³/mol. The number of hydrogen-bond acceptors (Lipinski definition) is 4. The molecule has 1 aromatic rings. The Hall–Kier alpha value is -1.20. The van der Waals surface area contributed by atoms with E-state index >= 15 is 0 Å². The van der Waals surface area contributed by atoms with Gasteiger partial charge in [0, 0.05) is 6.54 Å². The van der Waals surface area contributed by atoms with E-state index in [-0.39, 0.29) is 18.1 Å². The molecule has 1 heterocycles. The molecule has 2 unspecified atom stereocenters. The summed E-state index contributed by atoms with van der Waals surface area (Å²) in [5.74, 6) is 2.07. The Morgan fingerprint density at radius 1 is 1.45 bits per heavy atom. The van der Waals surface area contributed by atoms with Crippen molar-refractivity contribution in [3.63, 3.8) is 0 Å². The van der Waals surface area contributed by atoms with E-state index in [0.717, 1.165) is 30.0 Å². The number of amides is 1. The van der Waals surface area contributed by atoms with Crippen LogP contribution in [0.2, 0.25) is 0 Å². The van der Waals surface area contributed by atoms with Crippen LogP contribution in [0, 0.1) is 0 Å². The minimum Gasteiger partial charge on any atom is -0.497 e. The van der Waals surface area contributed by atoms with Crippen LogP contribution < -0.4 is 10.1 Å². The smallest absolute Gasteiger partial charge is 0.241 e. The van der Waals surface area contributed by atoms with Crippen molar-refractivity contribution in [2.75, 3.05) is 25.7 Å². The Labute approximate surface area is 124 Å². The van der Waals surface area contributed by atoms with E-state index in [1.807, 2.05) is 47.9 Å². The fraction of sp³-hybridized carbons (Fsp3) is 0.533. The van der Waals surface area contributed by atoms with Crippen LogP contribution in [-0.4, -0.2) is 42.5 Å². The number of thioether (sulfide) groups is 1. The maximum atomic E-state index is 12.3. The van der Waals surface area contributed by atoms with Gasteiger partial charge in [-0.05, 0) is 43.0 Å². The second-order valence-electron chi connectivity index (χ2n) is 4.95. The molecular formula is C15H22N2O2S. The second-order valence-corrected chi connectivity index (χ2v) is 5.93. The Bertz CT molecular complexity index is 467. The van der Waals surface area contributed by atoms with E-state index in [4.69, 9.17) is 4.74 Å².